The van der Waals surface area contributed by atoms with E-state index < -0.39 is 17.5 Å². The van der Waals surface area contributed by atoms with Gasteiger partial charge in [-0.05, 0) is 44.5 Å². The third kappa shape index (κ3) is 2.67. The summed E-state index contributed by atoms with van der Waals surface area (Å²) in [6.07, 6.45) is 0.979. The molecule has 1 aliphatic heterocycles. The van der Waals surface area contributed by atoms with Gasteiger partial charge in [0.25, 0.3) is 5.91 Å². The number of rotatable bonds is 3. The second-order valence-corrected chi connectivity index (χ2v) is 4.62. The molecule has 18 heavy (non-hydrogen) atoms. The zero-order chi connectivity index (χ0) is 13.1. The second-order valence-electron chi connectivity index (χ2n) is 4.62. The Labute approximate surface area is 105 Å². The molecule has 2 atom stereocenters. The van der Waals surface area contributed by atoms with Gasteiger partial charge < -0.3 is 10.6 Å². The molecular weight excluding hydrogens is 238 g/mol. The van der Waals surface area contributed by atoms with Crippen LogP contribution in [0.25, 0.3) is 0 Å². The number of carbonyl (C=O) groups excluding carboxylic acids is 1. The summed E-state index contributed by atoms with van der Waals surface area (Å²) in [5, 5.41) is 5.92. The molecule has 0 bridgehead atoms. The van der Waals surface area contributed by atoms with Crippen molar-refractivity contribution in [2.75, 3.05) is 13.1 Å². The smallest absolute Gasteiger partial charge is 0.254 e. The van der Waals surface area contributed by atoms with Gasteiger partial charge in [-0.3, -0.25) is 4.79 Å². The lowest BCUT2D eigenvalue weighted by atomic mass is 10.0. The molecule has 0 aromatic heterocycles. The number of carbonyl (C=O) groups is 1. The third-order valence-electron chi connectivity index (χ3n) is 3.36. The van der Waals surface area contributed by atoms with Gasteiger partial charge in [-0.15, -0.1) is 0 Å². The number of amides is 1. The van der Waals surface area contributed by atoms with Crippen molar-refractivity contribution in [3.63, 3.8) is 0 Å². The van der Waals surface area contributed by atoms with E-state index >= 15 is 0 Å². The molecule has 1 aromatic rings. The first-order valence-corrected chi connectivity index (χ1v) is 6.05. The van der Waals surface area contributed by atoms with Crippen molar-refractivity contribution in [3.8, 4) is 0 Å². The topological polar surface area (TPSA) is 41.1 Å². The molecule has 2 rings (SSSR count). The molecule has 0 radical (unpaired) electrons. The molecule has 3 nitrogen and oxygen atoms in total. The number of halogens is 2. The standard InChI is InChI=1S/C13H16F2N2O/c1-8(9-5-6-16-7-9)17-13(18)10-3-2-4-11(14)12(10)15/h2-4,8-9,16H,5-7H2,1H3,(H,17,18). The lowest BCUT2D eigenvalue weighted by Crippen LogP contribution is -2.39. The summed E-state index contributed by atoms with van der Waals surface area (Å²) in [7, 11) is 0. The van der Waals surface area contributed by atoms with E-state index in [1.165, 1.54) is 12.1 Å². The van der Waals surface area contributed by atoms with E-state index in [4.69, 9.17) is 0 Å². The Morgan fingerprint density at radius 3 is 2.94 bits per heavy atom. The lowest BCUT2D eigenvalue weighted by molar-refractivity contribution is 0.0923. The van der Waals surface area contributed by atoms with E-state index in [1.54, 1.807) is 0 Å². The highest BCUT2D eigenvalue weighted by atomic mass is 19.2. The van der Waals surface area contributed by atoms with E-state index in [0.717, 1.165) is 25.6 Å². The largest absolute Gasteiger partial charge is 0.349 e. The van der Waals surface area contributed by atoms with Gasteiger partial charge in [-0.2, -0.15) is 0 Å². The molecule has 2 N–H and O–H groups in total. The second kappa shape index (κ2) is 5.44. The van der Waals surface area contributed by atoms with Crippen LogP contribution < -0.4 is 10.6 Å². The normalized spacial score (nSPS) is 20.7. The highest BCUT2D eigenvalue weighted by molar-refractivity contribution is 5.94. The minimum atomic E-state index is -1.09. The first-order valence-electron chi connectivity index (χ1n) is 6.05. The number of benzene rings is 1. The molecular formula is C13H16F2N2O. The first-order chi connectivity index (χ1) is 8.59. The summed E-state index contributed by atoms with van der Waals surface area (Å²) in [4.78, 5) is 11.8. The van der Waals surface area contributed by atoms with Crippen LogP contribution in [0.1, 0.15) is 23.7 Å². The lowest BCUT2D eigenvalue weighted by Gasteiger charge is -2.19. The predicted molar refractivity (Wildman–Crippen MR) is 64.3 cm³/mol. The fourth-order valence-corrected chi connectivity index (χ4v) is 2.19. The van der Waals surface area contributed by atoms with Crippen molar-refractivity contribution < 1.29 is 13.6 Å². The van der Waals surface area contributed by atoms with Crippen LogP contribution in [0, 0.1) is 17.6 Å². The zero-order valence-corrected chi connectivity index (χ0v) is 10.2. The molecule has 5 heteroatoms. The minimum absolute atomic E-state index is 0.0600. The molecule has 1 aromatic carbocycles. The van der Waals surface area contributed by atoms with Crippen molar-refractivity contribution in [3.05, 3.63) is 35.4 Å². The Bertz CT molecular complexity index is 445. The molecule has 1 saturated heterocycles. The molecule has 0 aliphatic carbocycles. The molecule has 1 amide bonds. The third-order valence-corrected chi connectivity index (χ3v) is 3.36. The van der Waals surface area contributed by atoms with E-state index in [-0.39, 0.29) is 11.6 Å². The maximum Gasteiger partial charge on any atom is 0.254 e. The van der Waals surface area contributed by atoms with Crippen molar-refractivity contribution >= 4 is 5.91 Å². The Morgan fingerprint density at radius 2 is 2.28 bits per heavy atom. The molecule has 1 fully saturated rings. The Hall–Kier alpha value is -1.49. The monoisotopic (exact) mass is 254 g/mol. The fraction of sp³-hybridized carbons (Fsp3) is 0.462. The molecule has 1 heterocycles. The van der Waals surface area contributed by atoms with Gasteiger partial charge in [0.2, 0.25) is 0 Å². The van der Waals surface area contributed by atoms with Crippen LogP contribution in [0.2, 0.25) is 0 Å². The van der Waals surface area contributed by atoms with Crippen molar-refractivity contribution in [2.45, 2.75) is 19.4 Å². The summed E-state index contributed by atoms with van der Waals surface area (Å²) in [5.74, 6) is -2.32. The van der Waals surface area contributed by atoms with Gasteiger partial charge in [-0.1, -0.05) is 6.07 Å². The van der Waals surface area contributed by atoms with Crippen LogP contribution in [0.4, 0.5) is 8.78 Å². The predicted octanol–water partition coefficient (Wildman–Crippen LogP) is 1.69. The van der Waals surface area contributed by atoms with Gasteiger partial charge in [0.1, 0.15) is 0 Å². The van der Waals surface area contributed by atoms with E-state index in [2.05, 4.69) is 10.6 Å². The quantitative estimate of drug-likeness (QED) is 0.862. The molecule has 0 spiro atoms. The van der Waals surface area contributed by atoms with Gasteiger partial charge in [0, 0.05) is 6.04 Å². The summed E-state index contributed by atoms with van der Waals surface area (Å²) < 4.78 is 26.4. The highest BCUT2D eigenvalue weighted by Gasteiger charge is 2.24. The first kappa shape index (κ1) is 13.0. The molecule has 0 saturated carbocycles. The van der Waals surface area contributed by atoms with E-state index in [1.807, 2.05) is 6.92 Å². The van der Waals surface area contributed by atoms with Gasteiger partial charge >= 0.3 is 0 Å². The Balaban J connectivity index is 2.05. The number of hydrogen-bond acceptors (Lipinski definition) is 2. The maximum atomic E-state index is 13.4. The van der Waals surface area contributed by atoms with Crippen molar-refractivity contribution in [1.82, 2.24) is 10.6 Å². The number of hydrogen-bond donors (Lipinski definition) is 2. The average Bonchev–Trinajstić information content (AvgIpc) is 2.86. The van der Waals surface area contributed by atoms with Crippen LogP contribution in [0.5, 0.6) is 0 Å². The van der Waals surface area contributed by atoms with Gasteiger partial charge in [0.05, 0.1) is 5.56 Å². The van der Waals surface area contributed by atoms with Crippen LogP contribution in [-0.2, 0) is 0 Å². The number of nitrogens with one attached hydrogen (secondary N) is 2. The summed E-state index contributed by atoms with van der Waals surface area (Å²) >= 11 is 0. The molecule has 2 unspecified atom stereocenters. The molecule has 98 valence electrons. The summed E-state index contributed by atoms with van der Waals surface area (Å²) in [6.45, 7) is 3.65. The minimum Gasteiger partial charge on any atom is -0.349 e. The van der Waals surface area contributed by atoms with E-state index in [9.17, 15) is 13.6 Å². The Kier molecular flexibility index (Phi) is 3.91. The van der Waals surface area contributed by atoms with Crippen molar-refractivity contribution in [1.29, 1.82) is 0 Å². The van der Waals surface area contributed by atoms with Crippen LogP contribution in [0.3, 0.4) is 0 Å². The molecule has 1 aliphatic rings. The SMILES string of the molecule is CC(NC(=O)c1cccc(F)c1F)C1CCNC1. The van der Waals surface area contributed by atoms with Crippen LogP contribution in [0.15, 0.2) is 18.2 Å². The van der Waals surface area contributed by atoms with Gasteiger partial charge in [0.15, 0.2) is 11.6 Å². The van der Waals surface area contributed by atoms with E-state index in [0.29, 0.717) is 5.92 Å². The summed E-state index contributed by atoms with van der Waals surface area (Å²) in [6, 6.07) is 3.55. The highest BCUT2D eigenvalue weighted by Crippen LogP contribution is 2.15. The Morgan fingerprint density at radius 1 is 1.50 bits per heavy atom. The van der Waals surface area contributed by atoms with Crippen LogP contribution >= 0.6 is 0 Å². The maximum absolute atomic E-state index is 13.4. The average molecular weight is 254 g/mol. The zero-order valence-electron chi connectivity index (χ0n) is 10.2. The van der Waals surface area contributed by atoms with Crippen LogP contribution in [-0.4, -0.2) is 25.0 Å². The summed E-state index contributed by atoms with van der Waals surface area (Å²) in [5.41, 5.74) is -0.243. The van der Waals surface area contributed by atoms with Gasteiger partial charge in [-0.25, -0.2) is 8.78 Å². The van der Waals surface area contributed by atoms with Crippen molar-refractivity contribution in [2.24, 2.45) is 5.92 Å². The fourth-order valence-electron chi connectivity index (χ4n) is 2.19.